The van der Waals surface area contributed by atoms with Crippen molar-refractivity contribution in [1.29, 1.82) is 0 Å². The zero-order valence-corrected chi connectivity index (χ0v) is 17.1. The number of carbonyl (C=O) groups excluding carboxylic acids is 3. The molecule has 2 heterocycles. The highest BCUT2D eigenvalue weighted by atomic mass is 16.5. The molecule has 1 unspecified atom stereocenters. The van der Waals surface area contributed by atoms with Crippen LogP contribution in [0.1, 0.15) is 45.5 Å². The third-order valence-corrected chi connectivity index (χ3v) is 5.96. The fourth-order valence-electron chi connectivity index (χ4n) is 4.21. The minimum absolute atomic E-state index is 0.133. The molecule has 0 spiro atoms. The van der Waals surface area contributed by atoms with Crippen LogP contribution in [-0.2, 0) is 35.4 Å². The summed E-state index contributed by atoms with van der Waals surface area (Å²) >= 11 is 0. The van der Waals surface area contributed by atoms with Crippen LogP contribution in [0.5, 0.6) is 5.75 Å². The van der Waals surface area contributed by atoms with E-state index in [1.54, 1.807) is 11.9 Å². The van der Waals surface area contributed by atoms with Gasteiger partial charge in [-0.1, -0.05) is 24.3 Å². The summed E-state index contributed by atoms with van der Waals surface area (Å²) < 4.78 is 5.57. The molecule has 2 amide bonds. The zero-order valence-electron chi connectivity index (χ0n) is 17.1. The molecule has 0 fully saturated rings. The summed E-state index contributed by atoms with van der Waals surface area (Å²) in [5.41, 5.74) is 5.34. The van der Waals surface area contributed by atoms with Gasteiger partial charge < -0.3 is 19.7 Å². The van der Waals surface area contributed by atoms with E-state index in [1.807, 2.05) is 12.1 Å². The minimum atomic E-state index is -0.584. The molecule has 4 rings (SSSR count). The van der Waals surface area contributed by atoms with E-state index in [4.69, 9.17) is 4.74 Å². The van der Waals surface area contributed by atoms with Crippen molar-refractivity contribution in [3.63, 3.8) is 0 Å². The van der Waals surface area contributed by atoms with Crippen LogP contribution in [0.4, 0.5) is 0 Å². The Morgan fingerprint density at radius 2 is 1.90 bits per heavy atom. The first-order valence-corrected chi connectivity index (χ1v) is 10.4. The molecule has 0 saturated carbocycles. The second-order valence-electron chi connectivity index (χ2n) is 7.88. The second kappa shape index (κ2) is 8.69. The number of aryl methyl sites for hydroxylation is 2. The van der Waals surface area contributed by atoms with Crippen molar-refractivity contribution in [1.82, 2.24) is 10.2 Å². The normalized spacial score (nSPS) is 15.4. The number of nitrogens with one attached hydrogen (secondary N) is 1. The Balaban J connectivity index is 1.41. The van der Waals surface area contributed by atoms with Crippen LogP contribution in [0.3, 0.4) is 0 Å². The largest absolute Gasteiger partial charge is 0.493 e. The maximum absolute atomic E-state index is 12.8. The molecule has 2 aliphatic heterocycles. The van der Waals surface area contributed by atoms with E-state index in [0.717, 1.165) is 43.5 Å². The number of rotatable bonds is 8. The Morgan fingerprint density at radius 3 is 2.63 bits per heavy atom. The standard InChI is InChI=1S/C24H26N2O4/c1-25-23(28)9-6-20(15-27)26-14-19-13-16(4-7-21(19)24(26)29)2-3-17-5-8-22-18(12-17)10-11-30-22/h4-5,7-8,12-13,15,20H,2-3,6,9-11,14H2,1H3,(H,25,28). The van der Waals surface area contributed by atoms with Crippen LogP contribution in [0.2, 0.25) is 0 Å². The molecule has 1 atom stereocenters. The third kappa shape index (κ3) is 4.08. The first-order chi connectivity index (χ1) is 14.6. The number of amides is 2. The fraction of sp³-hybridized carbons (Fsp3) is 0.375. The molecule has 0 aromatic heterocycles. The molecule has 2 aromatic carbocycles. The first-order valence-electron chi connectivity index (χ1n) is 10.4. The number of fused-ring (bicyclic) bond motifs is 2. The molecule has 6 nitrogen and oxygen atoms in total. The molecule has 0 bridgehead atoms. The van der Waals surface area contributed by atoms with E-state index in [1.165, 1.54) is 16.7 Å². The lowest BCUT2D eigenvalue weighted by molar-refractivity contribution is -0.121. The van der Waals surface area contributed by atoms with Crippen LogP contribution >= 0.6 is 0 Å². The van der Waals surface area contributed by atoms with Gasteiger partial charge in [0.1, 0.15) is 12.0 Å². The van der Waals surface area contributed by atoms with E-state index in [-0.39, 0.29) is 18.2 Å². The number of ether oxygens (including phenoxy) is 1. The number of hydrogen-bond acceptors (Lipinski definition) is 4. The van der Waals surface area contributed by atoms with Crippen molar-refractivity contribution in [3.8, 4) is 5.75 Å². The van der Waals surface area contributed by atoms with Crippen molar-refractivity contribution in [3.05, 3.63) is 64.2 Å². The van der Waals surface area contributed by atoms with Gasteiger partial charge in [-0.15, -0.1) is 0 Å². The Morgan fingerprint density at radius 1 is 1.17 bits per heavy atom. The molecule has 30 heavy (non-hydrogen) atoms. The minimum Gasteiger partial charge on any atom is -0.493 e. The fourth-order valence-corrected chi connectivity index (χ4v) is 4.21. The maximum Gasteiger partial charge on any atom is 0.255 e. The average Bonchev–Trinajstić information content (AvgIpc) is 3.36. The molecule has 156 valence electrons. The zero-order chi connectivity index (χ0) is 21.1. The molecule has 0 radical (unpaired) electrons. The van der Waals surface area contributed by atoms with Gasteiger partial charge in [0, 0.05) is 32.0 Å². The van der Waals surface area contributed by atoms with Gasteiger partial charge in [0.15, 0.2) is 0 Å². The van der Waals surface area contributed by atoms with Crippen LogP contribution in [0.25, 0.3) is 0 Å². The summed E-state index contributed by atoms with van der Waals surface area (Å²) in [5, 5.41) is 2.55. The van der Waals surface area contributed by atoms with Crippen molar-refractivity contribution in [2.24, 2.45) is 0 Å². The monoisotopic (exact) mass is 406 g/mol. The van der Waals surface area contributed by atoms with E-state index in [2.05, 4.69) is 29.6 Å². The van der Waals surface area contributed by atoms with E-state index >= 15 is 0 Å². The highest BCUT2D eigenvalue weighted by molar-refractivity contribution is 5.99. The lowest BCUT2D eigenvalue weighted by atomic mass is 9.99. The maximum atomic E-state index is 12.8. The van der Waals surface area contributed by atoms with Crippen LogP contribution in [-0.4, -0.2) is 42.7 Å². The predicted molar refractivity (Wildman–Crippen MR) is 113 cm³/mol. The van der Waals surface area contributed by atoms with Crippen molar-refractivity contribution in [2.45, 2.75) is 44.7 Å². The van der Waals surface area contributed by atoms with Gasteiger partial charge in [0.25, 0.3) is 5.91 Å². The van der Waals surface area contributed by atoms with Gasteiger partial charge in [0.05, 0.1) is 12.6 Å². The Kier molecular flexibility index (Phi) is 5.84. The summed E-state index contributed by atoms with van der Waals surface area (Å²) in [6.07, 6.45) is 4.10. The molecular formula is C24H26N2O4. The topological polar surface area (TPSA) is 75.7 Å². The van der Waals surface area contributed by atoms with E-state index in [0.29, 0.717) is 18.5 Å². The third-order valence-electron chi connectivity index (χ3n) is 5.96. The van der Waals surface area contributed by atoms with Gasteiger partial charge in [-0.2, -0.15) is 0 Å². The Bertz CT molecular complexity index is 985. The quantitative estimate of drug-likeness (QED) is 0.684. The van der Waals surface area contributed by atoms with E-state index < -0.39 is 6.04 Å². The molecular weight excluding hydrogens is 380 g/mol. The molecule has 0 aliphatic carbocycles. The van der Waals surface area contributed by atoms with Crippen LogP contribution in [0, 0.1) is 0 Å². The first kappa shape index (κ1) is 20.1. The molecule has 2 aromatic rings. The highest BCUT2D eigenvalue weighted by Gasteiger charge is 2.32. The Hall–Kier alpha value is -3.15. The van der Waals surface area contributed by atoms with Crippen LogP contribution in [0.15, 0.2) is 36.4 Å². The van der Waals surface area contributed by atoms with Gasteiger partial charge in [0.2, 0.25) is 5.91 Å². The van der Waals surface area contributed by atoms with Crippen molar-refractivity contribution >= 4 is 18.1 Å². The lowest BCUT2D eigenvalue weighted by Crippen LogP contribution is -2.37. The summed E-state index contributed by atoms with van der Waals surface area (Å²) in [7, 11) is 1.56. The predicted octanol–water partition coefficient (Wildman–Crippen LogP) is 2.46. The van der Waals surface area contributed by atoms with Crippen molar-refractivity contribution < 1.29 is 19.1 Å². The highest BCUT2D eigenvalue weighted by Crippen LogP contribution is 2.28. The van der Waals surface area contributed by atoms with Gasteiger partial charge in [-0.3, -0.25) is 9.59 Å². The second-order valence-corrected chi connectivity index (χ2v) is 7.88. The molecule has 1 N–H and O–H groups in total. The number of hydrogen-bond donors (Lipinski definition) is 1. The number of benzene rings is 2. The van der Waals surface area contributed by atoms with Gasteiger partial charge in [-0.05, 0) is 53.6 Å². The van der Waals surface area contributed by atoms with Crippen LogP contribution < -0.4 is 10.1 Å². The smallest absolute Gasteiger partial charge is 0.255 e. The summed E-state index contributed by atoms with van der Waals surface area (Å²) in [6.45, 7) is 1.17. The van der Waals surface area contributed by atoms with Gasteiger partial charge in [-0.25, -0.2) is 0 Å². The summed E-state index contributed by atoms with van der Waals surface area (Å²) in [6, 6.07) is 11.7. The Labute approximate surface area is 176 Å². The lowest BCUT2D eigenvalue weighted by Gasteiger charge is -2.22. The molecule has 2 aliphatic rings. The molecule has 6 heteroatoms. The summed E-state index contributed by atoms with van der Waals surface area (Å²) in [4.78, 5) is 37.4. The number of carbonyl (C=O) groups is 3. The van der Waals surface area contributed by atoms with Crippen molar-refractivity contribution in [2.75, 3.05) is 13.7 Å². The SMILES string of the molecule is CNC(=O)CCC(C=O)N1Cc2cc(CCc3ccc4c(c3)CCO4)ccc2C1=O. The van der Waals surface area contributed by atoms with E-state index in [9.17, 15) is 14.4 Å². The molecule has 0 saturated heterocycles. The van der Waals surface area contributed by atoms with Gasteiger partial charge >= 0.3 is 0 Å². The average molecular weight is 406 g/mol. The number of nitrogens with zero attached hydrogens (tertiary/aromatic N) is 1. The number of aldehydes is 1. The summed E-state index contributed by atoms with van der Waals surface area (Å²) in [5.74, 6) is 0.728.